The third-order valence-corrected chi connectivity index (χ3v) is 4.91. The minimum absolute atomic E-state index is 0.399. The van der Waals surface area contributed by atoms with Gasteiger partial charge in [-0.3, -0.25) is 9.80 Å². The summed E-state index contributed by atoms with van der Waals surface area (Å²) in [6.45, 7) is 9.94. The Balaban J connectivity index is 1.85. The minimum atomic E-state index is 0.399. The third kappa shape index (κ3) is 4.69. The molecule has 0 N–H and O–H groups in total. The molecule has 2 rings (SSSR count). The van der Waals surface area contributed by atoms with Crippen LogP contribution in [-0.2, 0) is 4.74 Å². The lowest BCUT2D eigenvalue weighted by molar-refractivity contribution is -0.0558. The van der Waals surface area contributed by atoms with E-state index in [0.29, 0.717) is 12.1 Å². The van der Waals surface area contributed by atoms with Gasteiger partial charge in [0.05, 0.1) is 12.7 Å². The molecule has 0 radical (unpaired) electrons. The summed E-state index contributed by atoms with van der Waals surface area (Å²) in [5.41, 5.74) is 0. The number of hydrogen-bond donors (Lipinski definition) is 0. The molecule has 0 aromatic heterocycles. The van der Waals surface area contributed by atoms with Crippen LogP contribution in [0.1, 0.15) is 39.5 Å². The summed E-state index contributed by atoms with van der Waals surface area (Å²) in [5, 5.41) is 1.07. The van der Waals surface area contributed by atoms with Crippen molar-refractivity contribution >= 4 is 15.9 Å². The zero-order chi connectivity index (χ0) is 13.7. The second kappa shape index (κ2) is 7.96. The number of rotatable bonds is 6. The Hall–Kier alpha value is 0.360. The lowest BCUT2D eigenvalue weighted by atomic mass is 10.1. The fourth-order valence-corrected chi connectivity index (χ4v) is 3.84. The standard InChI is InChI=1S/C15H29BrN2O/c1-13(2)17-9-10-19-15(11-17)12-18(8-7-16)14-5-3-4-6-14/h13-15H,3-12H2,1-2H3. The highest BCUT2D eigenvalue weighted by Gasteiger charge is 2.28. The highest BCUT2D eigenvalue weighted by molar-refractivity contribution is 9.09. The van der Waals surface area contributed by atoms with Gasteiger partial charge < -0.3 is 4.74 Å². The molecule has 0 amide bonds. The molecule has 2 fully saturated rings. The predicted molar refractivity (Wildman–Crippen MR) is 84.1 cm³/mol. The van der Waals surface area contributed by atoms with Crippen LogP contribution in [0.15, 0.2) is 0 Å². The van der Waals surface area contributed by atoms with Gasteiger partial charge in [-0.25, -0.2) is 0 Å². The van der Waals surface area contributed by atoms with E-state index < -0.39 is 0 Å². The molecule has 1 saturated carbocycles. The maximum Gasteiger partial charge on any atom is 0.0829 e. The normalized spacial score (nSPS) is 26.7. The number of halogens is 1. The Bertz CT molecular complexity index is 257. The van der Waals surface area contributed by atoms with Gasteiger partial charge in [-0.15, -0.1) is 0 Å². The van der Waals surface area contributed by atoms with Crippen molar-refractivity contribution in [2.24, 2.45) is 0 Å². The average Bonchev–Trinajstić information content (AvgIpc) is 2.92. The molecule has 19 heavy (non-hydrogen) atoms. The summed E-state index contributed by atoms with van der Waals surface area (Å²) >= 11 is 3.60. The van der Waals surface area contributed by atoms with Gasteiger partial charge in [-0.1, -0.05) is 28.8 Å². The third-order valence-electron chi connectivity index (χ3n) is 4.55. The molecule has 1 heterocycles. The molecule has 0 bridgehead atoms. The summed E-state index contributed by atoms with van der Waals surface area (Å²) in [6.07, 6.45) is 5.98. The topological polar surface area (TPSA) is 15.7 Å². The van der Waals surface area contributed by atoms with Crippen LogP contribution in [0.2, 0.25) is 0 Å². The van der Waals surface area contributed by atoms with E-state index >= 15 is 0 Å². The first-order valence-electron chi connectivity index (χ1n) is 7.86. The van der Waals surface area contributed by atoms with E-state index in [1.54, 1.807) is 0 Å². The quantitative estimate of drug-likeness (QED) is 0.695. The lowest BCUT2D eigenvalue weighted by Crippen LogP contribution is -2.51. The second-order valence-electron chi connectivity index (χ2n) is 6.20. The van der Waals surface area contributed by atoms with Crippen molar-refractivity contribution in [1.82, 2.24) is 9.80 Å². The first kappa shape index (κ1) is 15.7. The molecular formula is C15H29BrN2O. The van der Waals surface area contributed by atoms with Crippen LogP contribution < -0.4 is 0 Å². The fourth-order valence-electron chi connectivity index (χ4n) is 3.38. The molecule has 3 nitrogen and oxygen atoms in total. The number of hydrogen-bond acceptors (Lipinski definition) is 3. The van der Waals surface area contributed by atoms with Crippen molar-refractivity contribution in [2.45, 2.75) is 57.7 Å². The molecule has 4 heteroatoms. The number of nitrogens with zero attached hydrogens (tertiary/aromatic N) is 2. The molecule has 1 saturated heterocycles. The summed E-state index contributed by atoms with van der Waals surface area (Å²) in [6, 6.07) is 1.44. The molecule has 0 aromatic rings. The smallest absolute Gasteiger partial charge is 0.0829 e. The van der Waals surface area contributed by atoms with Crippen LogP contribution in [0.5, 0.6) is 0 Å². The summed E-state index contributed by atoms with van der Waals surface area (Å²) in [7, 11) is 0. The van der Waals surface area contributed by atoms with Gasteiger partial charge in [0.15, 0.2) is 0 Å². The van der Waals surface area contributed by atoms with Gasteiger partial charge in [0.25, 0.3) is 0 Å². The Morgan fingerprint density at radius 1 is 1.32 bits per heavy atom. The van der Waals surface area contributed by atoms with Crippen LogP contribution in [0.3, 0.4) is 0 Å². The van der Waals surface area contributed by atoms with Crippen LogP contribution >= 0.6 is 15.9 Å². The van der Waals surface area contributed by atoms with Crippen molar-refractivity contribution in [2.75, 3.05) is 38.1 Å². The Morgan fingerprint density at radius 3 is 2.68 bits per heavy atom. The van der Waals surface area contributed by atoms with E-state index in [1.807, 2.05) is 0 Å². The van der Waals surface area contributed by atoms with E-state index in [-0.39, 0.29) is 0 Å². The zero-order valence-electron chi connectivity index (χ0n) is 12.5. The van der Waals surface area contributed by atoms with Crippen molar-refractivity contribution < 1.29 is 4.74 Å². The molecule has 0 aromatic carbocycles. The molecular weight excluding hydrogens is 304 g/mol. The first-order valence-corrected chi connectivity index (χ1v) is 8.98. The monoisotopic (exact) mass is 332 g/mol. The van der Waals surface area contributed by atoms with Gasteiger partial charge in [-0.2, -0.15) is 0 Å². The highest BCUT2D eigenvalue weighted by atomic mass is 79.9. The van der Waals surface area contributed by atoms with Crippen LogP contribution in [0, 0.1) is 0 Å². The van der Waals surface area contributed by atoms with Crippen molar-refractivity contribution in [3.05, 3.63) is 0 Å². The molecule has 1 atom stereocenters. The molecule has 1 unspecified atom stereocenters. The number of alkyl halides is 1. The van der Waals surface area contributed by atoms with Gasteiger partial charge in [0.1, 0.15) is 0 Å². The summed E-state index contributed by atoms with van der Waals surface area (Å²) in [4.78, 5) is 5.21. The highest BCUT2D eigenvalue weighted by Crippen LogP contribution is 2.24. The molecule has 0 spiro atoms. The number of morpholine rings is 1. The number of ether oxygens (including phenoxy) is 1. The van der Waals surface area contributed by atoms with Gasteiger partial charge in [0.2, 0.25) is 0 Å². The van der Waals surface area contributed by atoms with E-state index in [4.69, 9.17) is 4.74 Å². The van der Waals surface area contributed by atoms with Crippen LogP contribution in [0.4, 0.5) is 0 Å². The maximum atomic E-state index is 6.00. The van der Waals surface area contributed by atoms with Crippen molar-refractivity contribution in [3.8, 4) is 0 Å². The van der Waals surface area contributed by atoms with E-state index in [0.717, 1.165) is 44.2 Å². The van der Waals surface area contributed by atoms with Crippen LogP contribution in [0.25, 0.3) is 0 Å². The van der Waals surface area contributed by atoms with Crippen LogP contribution in [-0.4, -0.2) is 66.1 Å². The Kier molecular flexibility index (Phi) is 6.60. The molecule has 112 valence electrons. The SMILES string of the molecule is CC(C)N1CCOC(CN(CCBr)C2CCCC2)C1. The van der Waals surface area contributed by atoms with E-state index in [2.05, 4.69) is 39.6 Å². The Morgan fingerprint density at radius 2 is 2.05 bits per heavy atom. The van der Waals surface area contributed by atoms with Gasteiger partial charge >= 0.3 is 0 Å². The van der Waals surface area contributed by atoms with Gasteiger partial charge in [-0.05, 0) is 26.7 Å². The predicted octanol–water partition coefficient (Wildman–Crippen LogP) is 2.74. The maximum absolute atomic E-state index is 6.00. The largest absolute Gasteiger partial charge is 0.374 e. The summed E-state index contributed by atoms with van der Waals surface area (Å²) < 4.78 is 6.00. The van der Waals surface area contributed by atoms with E-state index in [9.17, 15) is 0 Å². The molecule has 2 aliphatic rings. The Labute approximate surface area is 126 Å². The summed E-state index contributed by atoms with van der Waals surface area (Å²) in [5.74, 6) is 0. The van der Waals surface area contributed by atoms with Crippen molar-refractivity contribution in [3.63, 3.8) is 0 Å². The van der Waals surface area contributed by atoms with E-state index in [1.165, 1.54) is 25.7 Å². The molecule has 1 aliphatic carbocycles. The minimum Gasteiger partial charge on any atom is -0.374 e. The average molecular weight is 333 g/mol. The fraction of sp³-hybridized carbons (Fsp3) is 1.00. The second-order valence-corrected chi connectivity index (χ2v) is 7.00. The first-order chi connectivity index (χ1) is 9.20. The lowest BCUT2D eigenvalue weighted by Gasteiger charge is -2.39. The molecule has 1 aliphatic heterocycles. The van der Waals surface area contributed by atoms with Gasteiger partial charge in [0, 0.05) is 43.6 Å². The van der Waals surface area contributed by atoms with Crippen molar-refractivity contribution in [1.29, 1.82) is 0 Å². The zero-order valence-corrected chi connectivity index (χ0v) is 14.1.